The Morgan fingerprint density at radius 1 is 1.20 bits per heavy atom. The summed E-state index contributed by atoms with van der Waals surface area (Å²) in [6.45, 7) is 1.26. The fourth-order valence-corrected chi connectivity index (χ4v) is 2.67. The largest absolute Gasteiger partial charge is 0.375 e. The fourth-order valence-electron chi connectivity index (χ4n) is 2.33. The van der Waals surface area contributed by atoms with Gasteiger partial charge in [0, 0.05) is 19.0 Å². The molecule has 0 saturated heterocycles. The van der Waals surface area contributed by atoms with Crippen LogP contribution in [0.2, 0.25) is 0 Å². The Morgan fingerprint density at radius 2 is 2.05 bits per heavy atom. The summed E-state index contributed by atoms with van der Waals surface area (Å²) in [5.74, 6) is 0.519. The summed E-state index contributed by atoms with van der Waals surface area (Å²) in [7, 11) is 0. The van der Waals surface area contributed by atoms with E-state index in [2.05, 4.69) is 36.0 Å². The van der Waals surface area contributed by atoms with Gasteiger partial charge in [0.1, 0.15) is 17.5 Å². The zero-order valence-corrected chi connectivity index (χ0v) is 12.3. The van der Waals surface area contributed by atoms with Gasteiger partial charge in [-0.15, -0.1) is 10.2 Å². The summed E-state index contributed by atoms with van der Waals surface area (Å²) >= 11 is 3.04. The van der Waals surface area contributed by atoms with Gasteiger partial charge in [-0.1, -0.05) is 0 Å². The van der Waals surface area contributed by atoms with Crippen LogP contribution < -0.4 is 5.32 Å². The SMILES string of the molecule is Fc1cc(F)c(NCc2nnc3n2CCCC3)cc1Br. The molecule has 1 aromatic heterocycles. The van der Waals surface area contributed by atoms with Crippen LogP contribution in [0.5, 0.6) is 0 Å². The van der Waals surface area contributed by atoms with E-state index in [4.69, 9.17) is 0 Å². The molecule has 0 atom stereocenters. The molecule has 1 aromatic carbocycles. The van der Waals surface area contributed by atoms with Gasteiger partial charge in [-0.2, -0.15) is 0 Å². The Bertz CT molecular complexity index is 642. The van der Waals surface area contributed by atoms with Crippen molar-refractivity contribution in [3.8, 4) is 0 Å². The highest BCUT2D eigenvalue weighted by Crippen LogP contribution is 2.24. The van der Waals surface area contributed by atoms with Gasteiger partial charge < -0.3 is 9.88 Å². The third kappa shape index (κ3) is 2.54. The summed E-state index contributed by atoms with van der Waals surface area (Å²) in [5.41, 5.74) is 0.242. The zero-order valence-electron chi connectivity index (χ0n) is 10.7. The highest BCUT2D eigenvalue weighted by molar-refractivity contribution is 9.10. The van der Waals surface area contributed by atoms with Crippen molar-refractivity contribution in [1.29, 1.82) is 0 Å². The normalized spacial score (nSPS) is 14.2. The van der Waals surface area contributed by atoms with Crippen LogP contribution in [0.15, 0.2) is 16.6 Å². The number of rotatable bonds is 3. The standard InChI is InChI=1S/C13H13BrF2N4/c14-8-5-11(10(16)6-9(8)15)17-7-13-19-18-12-3-1-2-4-20(12)13/h5-6,17H,1-4,7H2. The quantitative estimate of drug-likeness (QED) is 0.870. The molecule has 1 N–H and O–H groups in total. The predicted octanol–water partition coefficient (Wildman–Crippen LogP) is 3.27. The zero-order chi connectivity index (χ0) is 14.1. The Hall–Kier alpha value is -1.50. The van der Waals surface area contributed by atoms with Crippen LogP contribution in [0.3, 0.4) is 0 Å². The average Bonchev–Trinajstić information content (AvgIpc) is 2.85. The van der Waals surface area contributed by atoms with Gasteiger partial charge in [-0.25, -0.2) is 8.78 Å². The summed E-state index contributed by atoms with van der Waals surface area (Å²) in [4.78, 5) is 0. The summed E-state index contributed by atoms with van der Waals surface area (Å²) in [6, 6.07) is 2.24. The van der Waals surface area contributed by atoms with E-state index in [-0.39, 0.29) is 10.2 Å². The minimum Gasteiger partial charge on any atom is -0.375 e. The van der Waals surface area contributed by atoms with Crippen molar-refractivity contribution in [2.45, 2.75) is 32.4 Å². The number of anilines is 1. The maximum atomic E-state index is 13.6. The number of nitrogens with one attached hydrogen (secondary N) is 1. The van der Waals surface area contributed by atoms with E-state index in [0.29, 0.717) is 6.54 Å². The van der Waals surface area contributed by atoms with Crippen molar-refractivity contribution in [2.75, 3.05) is 5.32 Å². The van der Waals surface area contributed by atoms with E-state index < -0.39 is 11.6 Å². The van der Waals surface area contributed by atoms with Crippen LogP contribution in [0.1, 0.15) is 24.5 Å². The molecule has 3 rings (SSSR count). The monoisotopic (exact) mass is 342 g/mol. The topological polar surface area (TPSA) is 42.7 Å². The second kappa shape index (κ2) is 5.47. The summed E-state index contributed by atoms with van der Waals surface area (Å²) in [5, 5.41) is 11.2. The number of hydrogen-bond acceptors (Lipinski definition) is 3. The first-order valence-electron chi connectivity index (χ1n) is 6.44. The third-order valence-corrected chi connectivity index (χ3v) is 3.99. The summed E-state index contributed by atoms with van der Waals surface area (Å²) in [6.07, 6.45) is 3.17. The van der Waals surface area contributed by atoms with E-state index in [1.54, 1.807) is 0 Å². The van der Waals surface area contributed by atoms with E-state index in [1.807, 2.05) is 0 Å². The summed E-state index contributed by atoms with van der Waals surface area (Å²) < 4.78 is 29.1. The van der Waals surface area contributed by atoms with Gasteiger partial charge in [0.15, 0.2) is 5.82 Å². The van der Waals surface area contributed by atoms with Gasteiger partial charge in [0.05, 0.1) is 16.7 Å². The van der Waals surface area contributed by atoms with E-state index in [9.17, 15) is 8.78 Å². The van der Waals surface area contributed by atoms with Crippen LogP contribution in [0, 0.1) is 11.6 Å². The van der Waals surface area contributed by atoms with E-state index in [1.165, 1.54) is 6.07 Å². The van der Waals surface area contributed by atoms with Crippen LogP contribution in [0.4, 0.5) is 14.5 Å². The Morgan fingerprint density at radius 3 is 2.90 bits per heavy atom. The lowest BCUT2D eigenvalue weighted by Crippen LogP contribution is -2.15. The molecule has 0 radical (unpaired) electrons. The maximum Gasteiger partial charge on any atom is 0.152 e. The van der Waals surface area contributed by atoms with Crippen molar-refractivity contribution < 1.29 is 8.78 Å². The van der Waals surface area contributed by atoms with E-state index in [0.717, 1.165) is 43.5 Å². The molecule has 0 spiro atoms. The first-order chi connectivity index (χ1) is 9.65. The molecule has 2 heterocycles. The second-order valence-electron chi connectivity index (χ2n) is 4.74. The first-order valence-corrected chi connectivity index (χ1v) is 7.24. The van der Waals surface area contributed by atoms with E-state index >= 15 is 0 Å². The fraction of sp³-hybridized carbons (Fsp3) is 0.385. The number of benzene rings is 1. The Kier molecular flexibility index (Phi) is 3.69. The molecule has 1 aliphatic heterocycles. The highest BCUT2D eigenvalue weighted by Gasteiger charge is 2.16. The molecular weight excluding hydrogens is 330 g/mol. The minimum absolute atomic E-state index is 0.227. The predicted molar refractivity (Wildman–Crippen MR) is 74.3 cm³/mol. The van der Waals surface area contributed by atoms with Gasteiger partial charge in [0.25, 0.3) is 0 Å². The lowest BCUT2D eigenvalue weighted by atomic mass is 10.2. The molecular formula is C13H13BrF2N4. The molecule has 2 aromatic rings. The van der Waals surface area contributed by atoms with Gasteiger partial charge >= 0.3 is 0 Å². The van der Waals surface area contributed by atoms with Crippen molar-refractivity contribution in [2.24, 2.45) is 0 Å². The van der Waals surface area contributed by atoms with Crippen LogP contribution in [0.25, 0.3) is 0 Å². The molecule has 0 unspecified atom stereocenters. The molecule has 1 aliphatic rings. The smallest absolute Gasteiger partial charge is 0.152 e. The molecule has 0 aliphatic carbocycles. The van der Waals surface area contributed by atoms with Gasteiger partial charge in [0.2, 0.25) is 0 Å². The van der Waals surface area contributed by atoms with Gasteiger partial charge in [-0.05, 0) is 34.8 Å². The maximum absolute atomic E-state index is 13.6. The Labute approximate surface area is 123 Å². The molecule has 0 saturated carbocycles. The highest BCUT2D eigenvalue weighted by atomic mass is 79.9. The lowest BCUT2D eigenvalue weighted by Gasteiger charge is -2.15. The van der Waals surface area contributed by atoms with Crippen LogP contribution in [-0.2, 0) is 19.5 Å². The molecule has 7 heteroatoms. The number of fused-ring (bicyclic) bond motifs is 1. The molecule has 106 valence electrons. The molecule has 0 amide bonds. The third-order valence-electron chi connectivity index (χ3n) is 3.38. The second-order valence-corrected chi connectivity index (χ2v) is 5.60. The molecule has 20 heavy (non-hydrogen) atoms. The van der Waals surface area contributed by atoms with Crippen molar-refractivity contribution in [3.63, 3.8) is 0 Å². The van der Waals surface area contributed by atoms with Crippen molar-refractivity contribution >= 4 is 21.6 Å². The average molecular weight is 343 g/mol. The van der Waals surface area contributed by atoms with Gasteiger partial charge in [-0.3, -0.25) is 0 Å². The number of hydrogen-bond donors (Lipinski definition) is 1. The Balaban J connectivity index is 1.77. The van der Waals surface area contributed by atoms with Crippen LogP contribution >= 0.6 is 15.9 Å². The number of aryl methyl sites for hydroxylation is 1. The number of nitrogens with zero attached hydrogens (tertiary/aromatic N) is 3. The number of aromatic nitrogens is 3. The van der Waals surface area contributed by atoms with Crippen molar-refractivity contribution in [3.05, 3.63) is 39.9 Å². The minimum atomic E-state index is -0.621. The lowest BCUT2D eigenvalue weighted by molar-refractivity contribution is 0.509. The molecule has 0 fully saturated rings. The molecule has 4 nitrogen and oxygen atoms in total. The first kappa shape index (κ1) is 13.5. The van der Waals surface area contributed by atoms with Crippen molar-refractivity contribution in [1.82, 2.24) is 14.8 Å². The van der Waals surface area contributed by atoms with Crippen LogP contribution in [-0.4, -0.2) is 14.8 Å². The molecule has 0 bridgehead atoms. The number of halogens is 3.